The molecule has 0 aliphatic rings. The zero-order valence-electron chi connectivity index (χ0n) is 11.6. The number of hydrogen-bond donors (Lipinski definition) is 2. The molecule has 2 N–H and O–H groups in total. The minimum atomic E-state index is -1.02. The molecule has 2 heterocycles. The Kier molecular flexibility index (Phi) is 3.30. The number of nitrogens with zero attached hydrogens (tertiary/aromatic N) is 4. The second-order valence-corrected chi connectivity index (χ2v) is 4.66. The molecule has 0 amide bonds. The number of aromatic carboxylic acids is 1. The fraction of sp³-hybridized carbons (Fsp3) is 0.0667. The third kappa shape index (κ3) is 2.39. The topological polar surface area (TPSA) is 99.5 Å². The van der Waals surface area contributed by atoms with Gasteiger partial charge in [-0.15, -0.1) is 10.2 Å². The van der Waals surface area contributed by atoms with Gasteiger partial charge >= 0.3 is 5.97 Å². The number of hydrogen-bond acceptors (Lipinski definition) is 5. The smallest absolute Gasteiger partial charge is 0.335 e. The maximum absolute atomic E-state index is 10.9. The highest BCUT2D eigenvalue weighted by molar-refractivity contribution is 5.88. The lowest BCUT2D eigenvalue weighted by Crippen LogP contribution is -1.94. The van der Waals surface area contributed by atoms with Crippen molar-refractivity contribution in [3.05, 3.63) is 53.9 Å². The van der Waals surface area contributed by atoms with E-state index in [1.165, 1.54) is 12.1 Å². The van der Waals surface area contributed by atoms with Crippen molar-refractivity contribution in [2.75, 3.05) is 0 Å². The number of azo groups is 1. The van der Waals surface area contributed by atoms with Gasteiger partial charge in [-0.1, -0.05) is 6.07 Å². The van der Waals surface area contributed by atoms with Crippen LogP contribution in [0.5, 0.6) is 5.75 Å². The van der Waals surface area contributed by atoms with Crippen molar-refractivity contribution < 1.29 is 15.0 Å². The molecule has 0 atom stereocenters. The summed E-state index contributed by atoms with van der Waals surface area (Å²) >= 11 is 0. The molecule has 0 fully saturated rings. The first-order chi connectivity index (χ1) is 10.6. The Morgan fingerprint density at radius 3 is 2.82 bits per heavy atom. The summed E-state index contributed by atoms with van der Waals surface area (Å²) in [4.78, 5) is 15.2. The van der Waals surface area contributed by atoms with E-state index >= 15 is 0 Å². The molecule has 110 valence electrons. The van der Waals surface area contributed by atoms with Crippen LogP contribution < -0.4 is 0 Å². The Morgan fingerprint density at radius 2 is 2.05 bits per heavy atom. The molecule has 0 aliphatic heterocycles. The van der Waals surface area contributed by atoms with Crippen LogP contribution in [0.3, 0.4) is 0 Å². The molecule has 0 spiro atoms. The number of fused-ring (bicyclic) bond motifs is 1. The fourth-order valence-corrected chi connectivity index (χ4v) is 2.08. The number of carbonyl (C=O) groups is 1. The normalized spacial score (nSPS) is 11.3. The highest BCUT2D eigenvalue weighted by Gasteiger charge is 2.10. The molecule has 0 unspecified atom stereocenters. The number of carboxylic acid groups (broad SMARTS) is 1. The summed E-state index contributed by atoms with van der Waals surface area (Å²) in [6.07, 6.45) is 1.72. The second-order valence-electron chi connectivity index (χ2n) is 4.66. The van der Waals surface area contributed by atoms with Gasteiger partial charge in [-0.05, 0) is 37.3 Å². The molecule has 1 aromatic carbocycles. The van der Waals surface area contributed by atoms with E-state index in [2.05, 4.69) is 15.2 Å². The van der Waals surface area contributed by atoms with E-state index < -0.39 is 5.97 Å². The van der Waals surface area contributed by atoms with Crippen molar-refractivity contribution >= 4 is 23.1 Å². The summed E-state index contributed by atoms with van der Waals surface area (Å²) in [6, 6.07) is 9.39. The number of aromatic nitrogens is 2. The molecule has 0 radical (unpaired) electrons. The van der Waals surface area contributed by atoms with Crippen LogP contribution in [0.1, 0.15) is 16.1 Å². The lowest BCUT2D eigenvalue weighted by Gasteiger charge is -1.98. The Balaban J connectivity index is 2.03. The molecule has 2 aromatic heterocycles. The molecule has 3 rings (SSSR count). The number of imidazole rings is 1. The lowest BCUT2D eigenvalue weighted by atomic mass is 10.2. The van der Waals surface area contributed by atoms with E-state index in [0.29, 0.717) is 22.8 Å². The van der Waals surface area contributed by atoms with E-state index in [9.17, 15) is 9.90 Å². The summed E-state index contributed by atoms with van der Waals surface area (Å²) in [5.41, 5.74) is 1.58. The zero-order valence-corrected chi connectivity index (χ0v) is 11.6. The monoisotopic (exact) mass is 296 g/mol. The quantitative estimate of drug-likeness (QED) is 0.723. The zero-order chi connectivity index (χ0) is 15.7. The first-order valence-corrected chi connectivity index (χ1v) is 6.48. The molecular formula is C15H12N4O3. The highest BCUT2D eigenvalue weighted by atomic mass is 16.4. The van der Waals surface area contributed by atoms with Crippen molar-refractivity contribution in [1.29, 1.82) is 0 Å². The molecule has 7 nitrogen and oxygen atoms in total. The van der Waals surface area contributed by atoms with Gasteiger partial charge in [-0.2, -0.15) is 0 Å². The minimum absolute atomic E-state index is 0.0555. The van der Waals surface area contributed by atoms with Crippen molar-refractivity contribution in [1.82, 2.24) is 9.38 Å². The average molecular weight is 296 g/mol. The molecular weight excluding hydrogens is 284 g/mol. The van der Waals surface area contributed by atoms with Crippen LogP contribution in [0.4, 0.5) is 11.5 Å². The van der Waals surface area contributed by atoms with Crippen LogP contribution in [0, 0.1) is 6.92 Å². The fourth-order valence-electron chi connectivity index (χ4n) is 2.08. The Labute approximate surface area is 125 Å². The number of aryl methyl sites for hydroxylation is 1. The van der Waals surface area contributed by atoms with Gasteiger partial charge in [-0.3, -0.25) is 4.40 Å². The number of aromatic hydroxyl groups is 1. The van der Waals surface area contributed by atoms with Crippen LogP contribution in [-0.4, -0.2) is 25.6 Å². The van der Waals surface area contributed by atoms with Gasteiger partial charge in [0.25, 0.3) is 0 Å². The van der Waals surface area contributed by atoms with Crippen LogP contribution >= 0.6 is 0 Å². The third-order valence-electron chi connectivity index (χ3n) is 3.13. The molecule has 0 saturated carbocycles. The molecule has 0 aliphatic carbocycles. The van der Waals surface area contributed by atoms with Crippen molar-refractivity contribution in [3.63, 3.8) is 0 Å². The predicted octanol–water partition coefficient (Wildman–Crippen LogP) is 3.46. The van der Waals surface area contributed by atoms with E-state index in [4.69, 9.17) is 5.11 Å². The van der Waals surface area contributed by atoms with Crippen molar-refractivity contribution in [2.24, 2.45) is 10.2 Å². The van der Waals surface area contributed by atoms with E-state index in [0.717, 1.165) is 0 Å². The molecule has 22 heavy (non-hydrogen) atoms. The Morgan fingerprint density at radius 1 is 1.23 bits per heavy atom. The predicted molar refractivity (Wildman–Crippen MR) is 79.2 cm³/mol. The standard InChI is InChI=1S/C15H12N4O3/c1-9-13(19-7-3-6-12(20)14(19)16-9)18-17-11-5-2-4-10(8-11)15(21)22/h2-8,20H,1H3,(H,21,22). The molecule has 7 heteroatoms. The second kappa shape index (κ2) is 5.28. The maximum atomic E-state index is 10.9. The first-order valence-electron chi connectivity index (χ1n) is 6.48. The molecule has 3 aromatic rings. The van der Waals surface area contributed by atoms with E-state index in [1.807, 2.05) is 0 Å². The largest absolute Gasteiger partial charge is 0.504 e. The maximum Gasteiger partial charge on any atom is 0.335 e. The van der Waals surface area contributed by atoms with E-state index in [1.54, 1.807) is 41.8 Å². The summed E-state index contributed by atoms with van der Waals surface area (Å²) in [5, 5.41) is 26.9. The number of pyridine rings is 1. The van der Waals surface area contributed by atoms with Gasteiger partial charge in [0.05, 0.1) is 16.9 Å². The van der Waals surface area contributed by atoms with Gasteiger partial charge in [0.1, 0.15) is 0 Å². The number of benzene rings is 1. The number of rotatable bonds is 3. The highest BCUT2D eigenvalue weighted by Crippen LogP contribution is 2.27. The van der Waals surface area contributed by atoms with Crippen molar-refractivity contribution in [2.45, 2.75) is 6.92 Å². The van der Waals surface area contributed by atoms with Gasteiger partial charge in [0.2, 0.25) is 0 Å². The van der Waals surface area contributed by atoms with Gasteiger partial charge in [-0.25, -0.2) is 9.78 Å². The van der Waals surface area contributed by atoms with Gasteiger partial charge in [0.15, 0.2) is 17.2 Å². The molecule has 0 saturated heterocycles. The molecule has 0 bridgehead atoms. The van der Waals surface area contributed by atoms with Gasteiger partial charge < -0.3 is 10.2 Å². The Hall–Kier alpha value is -3.22. The summed E-state index contributed by atoms with van der Waals surface area (Å²) in [6.45, 7) is 1.76. The average Bonchev–Trinajstić information content (AvgIpc) is 2.83. The Bertz CT molecular complexity index is 899. The summed E-state index contributed by atoms with van der Waals surface area (Å²) < 4.78 is 1.62. The summed E-state index contributed by atoms with van der Waals surface area (Å²) in [7, 11) is 0. The SMILES string of the molecule is Cc1nc2c(O)cccn2c1N=Nc1cccc(C(=O)O)c1. The van der Waals surface area contributed by atoms with Crippen molar-refractivity contribution in [3.8, 4) is 5.75 Å². The van der Waals surface area contributed by atoms with Crippen LogP contribution in [0.25, 0.3) is 5.65 Å². The minimum Gasteiger partial charge on any atom is -0.504 e. The van der Waals surface area contributed by atoms with Crippen LogP contribution in [-0.2, 0) is 0 Å². The third-order valence-corrected chi connectivity index (χ3v) is 3.13. The van der Waals surface area contributed by atoms with E-state index in [-0.39, 0.29) is 11.3 Å². The first kappa shape index (κ1) is 13.7. The lowest BCUT2D eigenvalue weighted by molar-refractivity contribution is 0.0697. The van der Waals surface area contributed by atoms with Gasteiger partial charge in [0, 0.05) is 6.20 Å². The van der Waals surface area contributed by atoms with Crippen LogP contribution in [0.15, 0.2) is 52.8 Å². The van der Waals surface area contributed by atoms with Crippen LogP contribution in [0.2, 0.25) is 0 Å². The summed E-state index contributed by atoms with van der Waals surface area (Å²) in [5.74, 6) is -0.487. The number of carboxylic acids is 1.